The van der Waals surface area contributed by atoms with Gasteiger partial charge < -0.3 is 10.6 Å². The quantitative estimate of drug-likeness (QED) is 0.479. The molecule has 4 rings (SSSR count). The van der Waals surface area contributed by atoms with E-state index in [1.54, 1.807) is 0 Å². The molecule has 33 heavy (non-hydrogen) atoms. The number of hydrogen-bond acceptors (Lipinski definition) is 5. The molecule has 5 heteroatoms. The van der Waals surface area contributed by atoms with E-state index in [0.29, 0.717) is 22.7 Å². The summed E-state index contributed by atoms with van der Waals surface area (Å²) in [4.78, 5) is 27.9. The smallest absolute Gasteiger partial charge is 0.171 e. The molecular formula is C28H32N2O2S. The SMILES string of the molecule is CC1(C)CC(=O)C(SC2=C(Nc3ccccc3)CC(C)(C)CC2=O)=C(Nc2ccccc2)C1. The lowest BCUT2D eigenvalue weighted by Gasteiger charge is -2.35. The van der Waals surface area contributed by atoms with Gasteiger partial charge in [0.1, 0.15) is 0 Å². The minimum Gasteiger partial charge on any atom is -0.358 e. The van der Waals surface area contributed by atoms with Crippen molar-refractivity contribution in [3.8, 4) is 0 Å². The van der Waals surface area contributed by atoms with Crippen molar-refractivity contribution >= 4 is 34.7 Å². The average molecular weight is 461 g/mol. The van der Waals surface area contributed by atoms with Crippen molar-refractivity contribution in [1.82, 2.24) is 0 Å². The number of ketones is 2. The predicted molar refractivity (Wildman–Crippen MR) is 138 cm³/mol. The molecule has 0 aromatic heterocycles. The van der Waals surface area contributed by atoms with Crippen LogP contribution in [-0.4, -0.2) is 11.6 Å². The number of rotatable bonds is 6. The van der Waals surface area contributed by atoms with Gasteiger partial charge in [0, 0.05) is 35.6 Å². The first kappa shape index (κ1) is 23.4. The molecule has 4 nitrogen and oxygen atoms in total. The van der Waals surface area contributed by atoms with Gasteiger partial charge in [-0.25, -0.2) is 0 Å². The number of nitrogens with one attached hydrogen (secondary N) is 2. The fourth-order valence-corrected chi connectivity index (χ4v) is 5.61. The summed E-state index contributed by atoms with van der Waals surface area (Å²) in [5, 5.41) is 6.97. The first-order chi connectivity index (χ1) is 15.6. The summed E-state index contributed by atoms with van der Waals surface area (Å²) in [5.41, 5.74) is 3.44. The minimum absolute atomic E-state index is 0.0962. The summed E-state index contributed by atoms with van der Waals surface area (Å²) in [7, 11) is 0. The van der Waals surface area contributed by atoms with Gasteiger partial charge in [0.05, 0.1) is 9.81 Å². The Kier molecular flexibility index (Phi) is 6.53. The lowest BCUT2D eigenvalue weighted by atomic mass is 9.78. The van der Waals surface area contributed by atoms with Crippen molar-refractivity contribution in [2.75, 3.05) is 10.6 Å². The highest BCUT2D eigenvalue weighted by Crippen LogP contribution is 2.47. The first-order valence-electron chi connectivity index (χ1n) is 11.5. The van der Waals surface area contributed by atoms with Crippen LogP contribution in [0.15, 0.2) is 81.9 Å². The third kappa shape index (κ3) is 5.77. The van der Waals surface area contributed by atoms with Gasteiger partial charge in [0.15, 0.2) is 11.6 Å². The molecule has 2 aromatic carbocycles. The van der Waals surface area contributed by atoms with E-state index in [1.165, 1.54) is 11.8 Å². The van der Waals surface area contributed by atoms with Crippen molar-refractivity contribution < 1.29 is 9.59 Å². The number of benzene rings is 2. The molecule has 0 radical (unpaired) electrons. The number of thioether (sulfide) groups is 1. The largest absolute Gasteiger partial charge is 0.358 e. The summed E-state index contributed by atoms with van der Waals surface area (Å²) in [6.07, 6.45) is 2.46. The van der Waals surface area contributed by atoms with Crippen LogP contribution >= 0.6 is 11.8 Å². The van der Waals surface area contributed by atoms with Crippen LogP contribution in [0, 0.1) is 10.8 Å². The zero-order valence-corrected chi connectivity index (χ0v) is 20.6. The van der Waals surface area contributed by atoms with Crippen molar-refractivity contribution in [1.29, 1.82) is 0 Å². The van der Waals surface area contributed by atoms with Gasteiger partial charge in [-0.15, -0.1) is 0 Å². The molecule has 0 fully saturated rings. The Hall–Kier alpha value is -2.79. The number of allylic oxidation sites excluding steroid dienone is 4. The van der Waals surface area contributed by atoms with Crippen LogP contribution in [0.5, 0.6) is 0 Å². The highest BCUT2D eigenvalue weighted by molar-refractivity contribution is 8.08. The Balaban J connectivity index is 1.75. The summed E-state index contributed by atoms with van der Waals surface area (Å²) in [6, 6.07) is 19.8. The van der Waals surface area contributed by atoms with Crippen LogP contribution in [0.3, 0.4) is 0 Å². The standard InChI is InChI=1S/C28H32N2O2S/c1-27(2)15-21(29-19-11-7-5-8-12-19)25(23(31)17-27)33-26-22(16-28(3,4)18-24(26)32)30-20-13-9-6-10-14-20/h5-14,29-30H,15-18H2,1-4H3. The highest BCUT2D eigenvalue weighted by atomic mass is 32.2. The van der Waals surface area contributed by atoms with Crippen LogP contribution < -0.4 is 10.6 Å². The van der Waals surface area contributed by atoms with Gasteiger partial charge in [-0.1, -0.05) is 75.9 Å². The Morgan fingerprint density at radius 3 is 1.33 bits per heavy atom. The Morgan fingerprint density at radius 2 is 0.970 bits per heavy atom. The topological polar surface area (TPSA) is 58.2 Å². The van der Waals surface area contributed by atoms with Crippen LogP contribution in [0.4, 0.5) is 11.4 Å². The molecule has 2 aliphatic carbocycles. The maximum absolute atomic E-state index is 13.3. The zero-order chi connectivity index (χ0) is 23.6. The molecular weight excluding hydrogens is 428 g/mol. The van der Waals surface area contributed by atoms with Crippen molar-refractivity contribution in [2.45, 2.75) is 53.4 Å². The van der Waals surface area contributed by atoms with Crippen LogP contribution in [-0.2, 0) is 9.59 Å². The van der Waals surface area contributed by atoms with Gasteiger partial charge in [-0.2, -0.15) is 0 Å². The van der Waals surface area contributed by atoms with Crippen LogP contribution in [0.25, 0.3) is 0 Å². The van der Waals surface area contributed by atoms with Crippen molar-refractivity contribution in [3.05, 3.63) is 81.9 Å². The van der Waals surface area contributed by atoms with Crippen LogP contribution in [0.1, 0.15) is 53.4 Å². The molecule has 0 bridgehead atoms. The number of para-hydroxylation sites is 2. The maximum atomic E-state index is 13.3. The molecule has 0 aliphatic heterocycles. The molecule has 2 N–H and O–H groups in total. The molecule has 0 saturated heterocycles. The molecule has 0 unspecified atom stereocenters. The monoisotopic (exact) mass is 460 g/mol. The van der Waals surface area contributed by atoms with E-state index in [4.69, 9.17) is 0 Å². The summed E-state index contributed by atoms with van der Waals surface area (Å²) in [6.45, 7) is 8.48. The first-order valence-corrected chi connectivity index (χ1v) is 12.3. The Labute approximate surface area is 200 Å². The lowest BCUT2D eigenvalue weighted by molar-refractivity contribution is -0.117. The molecule has 0 spiro atoms. The van der Waals surface area contributed by atoms with E-state index in [2.05, 4.69) is 38.3 Å². The number of Topliss-reactive ketones (excluding diaryl/α,β-unsaturated/α-hetero) is 2. The summed E-state index contributed by atoms with van der Waals surface area (Å²) >= 11 is 1.35. The fourth-order valence-electron chi connectivity index (χ4n) is 4.54. The van der Waals surface area contributed by atoms with Crippen LogP contribution in [0.2, 0.25) is 0 Å². The molecule has 0 amide bonds. The van der Waals surface area contributed by atoms with E-state index in [9.17, 15) is 9.59 Å². The highest BCUT2D eigenvalue weighted by Gasteiger charge is 2.38. The van der Waals surface area contributed by atoms with E-state index >= 15 is 0 Å². The summed E-state index contributed by atoms with van der Waals surface area (Å²) < 4.78 is 0. The van der Waals surface area contributed by atoms with Gasteiger partial charge in [-0.05, 0) is 47.9 Å². The number of carbonyl (C=O) groups is 2. The van der Waals surface area contributed by atoms with Gasteiger partial charge in [0.25, 0.3) is 0 Å². The van der Waals surface area contributed by atoms with Gasteiger partial charge in [-0.3, -0.25) is 9.59 Å². The van der Waals surface area contributed by atoms with E-state index in [0.717, 1.165) is 35.6 Å². The van der Waals surface area contributed by atoms with E-state index in [1.807, 2.05) is 60.7 Å². The molecule has 0 heterocycles. The second kappa shape index (κ2) is 9.22. The fraction of sp³-hybridized carbons (Fsp3) is 0.357. The lowest BCUT2D eigenvalue weighted by Crippen LogP contribution is -2.30. The van der Waals surface area contributed by atoms with E-state index in [-0.39, 0.29) is 22.4 Å². The van der Waals surface area contributed by atoms with E-state index < -0.39 is 0 Å². The molecule has 0 atom stereocenters. The number of anilines is 2. The van der Waals surface area contributed by atoms with Gasteiger partial charge >= 0.3 is 0 Å². The maximum Gasteiger partial charge on any atom is 0.171 e. The Morgan fingerprint density at radius 1 is 0.606 bits per heavy atom. The third-order valence-corrected chi connectivity index (χ3v) is 7.34. The number of carbonyl (C=O) groups excluding carboxylic acids is 2. The summed E-state index contributed by atoms with van der Waals surface area (Å²) in [5.74, 6) is 0.192. The minimum atomic E-state index is -0.129. The van der Waals surface area contributed by atoms with Gasteiger partial charge in [0.2, 0.25) is 0 Å². The normalized spacial score (nSPS) is 20.1. The van der Waals surface area contributed by atoms with Crippen molar-refractivity contribution in [3.63, 3.8) is 0 Å². The zero-order valence-electron chi connectivity index (χ0n) is 19.8. The number of hydrogen-bond donors (Lipinski definition) is 2. The molecule has 172 valence electrons. The Bertz CT molecular complexity index is 1030. The predicted octanol–water partition coefficient (Wildman–Crippen LogP) is 7.15. The second-order valence-corrected chi connectivity index (χ2v) is 11.6. The van der Waals surface area contributed by atoms with Crippen molar-refractivity contribution in [2.24, 2.45) is 10.8 Å². The molecule has 0 saturated carbocycles. The molecule has 2 aliphatic rings. The average Bonchev–Trinajstić information content (AvgIpc) is 2.72. The third-order valence-electron chi connectivity index (χ3n) is 5.99. The second-order valence-electron chi connectivity index (χ2n) is 10.6. The molecule has 2 aromatic rings.